The van der Waals surface area contributed by atoms with Gasteiger partial charge in [-0.1, -0.05) is 0 Å². The first kappa shape index (κ1) is 11.1. The fourth-order valence-electron chi connectivity index (χ4n) is 0.911. The molecule has 0 fully saturated rings. The number of rotatable bonds is 4. The Labute approximate surface area is 90.5 Å². The first-order valence-electron chi connectivity index (χ1n) is 4.15. The number of carbonyl (C=O) groups is 1. The summed E-state index contributed by atoms with van der Waals surface area (Å²) in [5.74, 6) is -0.854. The SMILES string of the molecule is C[C@@H](NCc1cncc(Br)c1)C(=O)O. The van der Waals surface area contributed by atoms with E-state index >= 15 is 0 Å². The first-order valence-corrected chi connectivity index (χ1v) is 4.94. The zero-order valence-electron chi connectivity index (χ0n) is 7.70. The molecule has 1 aromatic rings. The smallest absolute Gasteiger partial charge is 0.320 e. The Kier molecular flexibility index (Phi) is 4.03. The van der Waals surface area contributed by atoms with E-state index in [1.54, 1.807) is 19.3 Å². The van der Waals surface area contributed by atoms with Crippen LogP contribution in [0.3, 0.4) is 0 Å². The molecule has 0 aliphatic rings. The van der Waals surface area contributed by atoms with E-state index < -0.39 is 12.0 Å². The molecule has 14 heavy (non-hydrogen) atoms. The van der Waals surface area contributed by atoms with Gasteiger partial charge in [0.1, 0.15) is 6.04 Å². The van der Waals surface area contributed by atoms with Crippen molar-refractivity contribution in [3.8, 4) is 0 Å². The Balaban J connectivity index is 2.49. The number of hydrogen-bond donors (Lipinski definition) is 2. The third kappa shape index (κ3) is 3.43. The van der Waals surface area contributed by atoms with Crippen molar-refractivity contribution < 1.29 is 9.90 Å². The Morgan fingerprint density at radius 2 is 2.43 bits per heavy atom. The monoisotopic (exact) mass is 258 g/mol. The van der Waals surface area contributed by atoms with Gasteiger partial charge in [0.2, 0.25) is 0 Å². The molecular weight excluding hydrogens is 248 g/mol. The largest absolute Gasteiger partial charge is 0.480 e. The van der Waals surface area contributed by atoms with Crippen molar-refractivity contribution in [2.75, 3.05) is 0 Å². The predicted octanol–water partition coefficient (Wildman–Crippen LogP) is 1.41. The summed E-state index contributed by atoms with van der Waals surface area (Å²) in [6, 6.07) is 1.35. The lowest BCUT2D eigenvalue weighted by Gasteiger charge is -2.08. The van der Waals surface area contributed by atoms with Crippen LogP contribution in [0.4, 0.5) is 0 Å². The zero-order chi connectivity index (χ0) is 10.6. The molecule has 0 spiro atoms. The molecule has 0 aliphatic heterocycles. The Bertz CT molecular complexity index is 330. The fourth-order valence-corrected chi connectivity index (χ4v) is 1.32. The topological polar surface area (TPSA) is 62.2 Å². The van der Waals surface area contributed by atoms with Gasteiger partial charge in [-0.15, -0.1) is 0 Å². The summed E-state index contributed by atoms with van der Waals surface area (Å²) in [5.41, 5.74) is 0.951. The van der Waals surface area contributed by atoms with E-state index in [2.05, 4.69) is 26.2 Å². The number of aromatic nitrogens is 1. The second-order valence-corrected chi connectivity index (χ2v) is 3.87. The number of carboxylic acid groups (broad SMARTS) is 1. The highest BCUT2D eigenvalue weighted by atomic mass is 79.9. The van der Waals surface area contributed by atoms with Crippen LogP contribution in [0.25, 0.3) is 0 Å². The molecular formula is C9H11BrN2O2. The normalized spacial score (nSPS) is 12.4. The molecule has 5 heteroatoms. The summed E-state index contributed by atoms with van der Waals surface area (Å²) in [4.78, 5) is 14.5. The van der Waals surface area contributed by atoms with Gasteiger partial charge in [0.15, 0.2) is 0 Å². The van der Waals surface area contributed by atoms with E-state index in [1.165, 1.54) is 0 Å². The van der Waals surface area contributed by atoms with Crippen LogP contribution in [0.15, 0.2) is 22.9 Å². The van der Waals surface area contributed by atoms with Crippen molar-refractivity contribution in [1.82, 2.24) is 10.3 Å². The van der Waals surface area contributed by atoms with Gasteiger partial charge in [0, 0.05) is 23.4 Å². The van der Waals surface area contributed by atoms with Crippen molar-refractivity contribution in [2.24, 2.45) is 0 Å². The van der Waals surface area contributed by atoms with Gasteiger partial charge >= 0.3 is 5.97 Å². The lowest BCUT2D eigenvalue weighted by atomic mass is 10.2. The molecule has 4 nitrogen and oxygen atoms in total. The van der Waals surface area contributed by atoms with Crippen molar-refractivity contribution in [1.29, 1.82) is 0 Å². The van der Waals surface area contributed by atoms with Gasteiger partial charge in [0.05, 0.1) is 0 Å². The fraction of sp³-hybridized carbons (Fsp3) is 0.333. The van der Waals surface area contributed by atoms with Gasteiger partial charge in [-0.05, 0) is 34.5 Å². The Hall–Kier alpha value is -0.940. The molecule has 2 N–H and O–H groups in total. The Morgan fingerprint density at radius 3 is 3.00 bits per heavy atom. The van der Waals surface area contributed by atoms with Gasteiger partial charge in [-0.2, -0.15) is 0 Å². The van der Waals surface area contributed by atoms with E-state index in [1.807, 2.05) is 6.07 Å². The van der Waals surface area contributed by atoms with Crippen LogP contribution < -0.4 is 5.32 Å². The zero-order valence-corrected chi connectivity index (χ0v) is 9.28. The average Bonchev–Trinajstić information content (AvgIpc) is 2.14. The quantitative estimate of drug-likeness (QED) is 0.858. The summed E-state index contributed by atoms with van der Waals surface area (Å²) < 4.78 is 0.889. The van der Waals surface area contributed by atoms with E-state index in [-0.39, 0.29) is 0 Å². The molecule has 0 radical (unpaired) electrons. The lowest BCUT2D eigenvalue weighted by molar-refractivity contribution is -0.139. The van der Waals surface area contributed by atoms with Crippen LogP contribution >= 0.6 is 15.9 Å². The van der Waals surface area contributed by atoms with E-state index in [9.17, 15) is 4.79 Å². The summed E-state index contributed by atoms with van der Waals surface area (Å²) in [6.07, 6.45) is 3.39. The molecule has 1 heterocycles. The third-order valence-corrected chi connectivity index (χ3v) is 2.18. The summed E-state index contributed by atoms with van der Waals surface area (Å²) in [5, 5.41) is 11.5. The number of pyridine rings is 1. The molecule has 0 aliphatic carbocycles. The molecule has 76 valence electrons. The van der Waals surface area contributed by atoms with Gasteiger partial charge in [-0.25, -0.2) is 0 Å². The second kappa shape index (κ2) is 5.07. The maximum Gasteiger partial charge on any atom is 0.320 e. The van der Waals surface area contributed by atoms with Gasteiger partial charge in [-0.3, -0.25) is 9.78 Å². The molecule has 1 aromatic heterocycles. The number of nitrogens with zero attached hydrogens (tertiary/aromatic N) is 1. The summed E-state index contributed by atoms with van der Waals surface area (Å²) in [7, 11) is 0. The van der Waals surface area contributed by atoms with Crippen LogP contribution in [0.2, 0.25) is 0 Å². The number of hydrogen-bond acceptors (Lipinski definition) is 3. The summed E-state index contributed by atoms with van der Waals surface area (Å²) >= 11 is 3.29. The van der Waals surface area contributed by atoms with Crippen molar-refractivity contribution >= 4 is 21.9 Å². The second-order valence-electron chi connectivity index (χ2n) is 2.95. The highest BCUT2D eigenvalue weighted by molar-refractivity contribution is 9.10. The molecule has 0 amide bonds. The minimum Gasteiger partial charge on any atom is -0.480 e. The molecule has 1 atom stereocenters. The van der Waals surface area contributed by atoms with Crippen LogP contribution in [0, 0.1) is 0 Å². The standard InChI is InChI=1S/C9H11BrN2O2/c1-6(9(13)14)12-4-7-2-8(10)5-11-3-7/h2-3,5-6,12H,4H2,1H3,(H,13,14)/t6-/m1/s1. The van der Waals surface area contributed by atoms with Crippen LogP contribution in [-0.2, 0) is 11.3 Å². The Morgan fingerprint density at radius 1 is 1.71 bits per heavy atom. The average molecular weight is 259 g/mol. The third-order valence-electron chi connectivity index (χ3n) is 1.74. The maximum absolute atomic E-state index is 10.5. The van der Waals surface area contributed by atoms with E-state index in [0.29, 0.717) is 6.54 Å². The number of nitrogens with one attached hydrogen (secondary N) is 1. The number of aliphatic carboxylic acids is 1. The van der Waals surface area contributed by atoms with E-state index in [0.717, 1.165) is 10.0 Å². The van der Waals surface area contributed by atoms with E-state index in [4.69, 9.17) is 5.11 Å². The first-order chi connectivity index (χ1) is 6.59. The van der Waals surface area contributed by atoms with Crippen LogP contribution in [0.5, 0.6) is 0 Å². The van der Waals surface area contributed by atoms with Crippen molar-refractivity contribution in [3.05, 3.63) is 28.5 Å². The van der Waals surface area contributed by atoms with Crippen molar-refractivity contribution in [3.63, 3.8) is 0 Å². The minimum atomic E-state index is -0.854. The van der Waals surface area contributed by atoms with Crippen LogP contribution in [0.1, 0.15) is 12.5 Å². The van der Waals surface area contributed by atoms with Gasteiger partial charge < -0.3 is 10.4 Å². The highest BCUT2D eigenvalue weighted by Gasteiger charge is 2.08. The molecule has 0 bridgehead atoms. The number of halogens is 1. The minimum absolute atomic E-state index is 0.500. The highest BCUT2D eigenvalue weighted by Crippen LogP contribution is 2.09. The lowest BCUT2D eigenvalue weighted by Crippen LogP contribution is -2.33. The molecule has 0 unspecified atom stereocenters. The molecule has 0 saturated carbocycles. The van der Waals surface area contributed by atoms with Gasteiger partial charge in [0.25, 0.3) is 0 Å². The summed E-state index contributed by atoms with van der Waals surface area (Å²) in [6.45, 7) is 2.10. The maximum atomic E-state index is 10.5. The predicted molar refractivity (Wildman–Crippen MR) is 55.9 cm³/mol. The van der Waals surface area contributed by atoms with Crippen molar-refractivity contribution in [2.45, 2.75) is 19.5 Å². The molecule has 1 rings (SSSR count). The molecule has 0 saturated heterocycles. The molecule has 0 aromatic carbocycles. The van der Waals surface area contributed by atoms with Crippen LogP contribution in [-0.4, -0.2) is 22.1 Å². The number of carboxylic acids is 1.